The normalized spacial score (nSPS) is 49.9. The van der Waals surface area contributed by atoms with Crippen molar-refractivity contribution in [2.24, 2.45) is 23.2 Å². The predicted molar refractivity (Wildman–Crippen MR) is 71.7 cm³/mol. The van der Waals surface area contributed by atoms with Crippen molar-refractivity contribution < 1.29 is 14.2 Å². The van der Waals surface area contributed by atoms with Gasteiger partial charge in [0.25, 0.3) is 0 Å². The Labute approximate surface area is 116 Å². The second-order valence-electron chi connectivity index (χ2n) is 7.31. The number of hydrogen-bond donors (Lipinski definition) is 0. The minimum Gasteiger partial charge on any atom is -0.369 e. The Kier molecular flexibility index (Phi) is 2.63. The molecule has 4 rings (SSSR count). The summed E-state index contributed by atoms with van der Waals surface area (Å²) < 4.78 is 18.4. The fourth-order valence-corrected chi connectivity index (χ4v) is 5.51. The van der Waals surface area contributed by atoms with Crippen LogP contribution in [0.1, 0.15) is 46.5 Å². The summed E-state index contributed by atoms with van der Waals surface area (Å²) >= 11 is 0. The summed E-state index contributed by atoms with van der Waals surface area (Å²) in [7, 11) is 0. The Morgan fingerprint density at radius 2 is 1.95 bits per heavy atom. The molecule has 2 aliphatic heterocycles. The predicted octanol–water partition coefficient (Wildman–Crippen LogP) is 2.98. The van der Waals surface area contributed by atoms with E-state index in [0.717, 1.165) is 13.2 Å². The maximum Gasteiger partial charge on any atom is 0.177 e. The second kappa shape index (κ2) is 3.96. The average Bonchev–Trinajstić information content (AvgIpc) is 2.96. The van der Waals surface area contributed by atoms with E-state index in [4.69, 9.17) is 14.2 Å². The Morgan fingerprint density at radius 3 is 2.58 bits per heavy atom. The molecule has 4 aliphatic rings. The zero-order chi connectivity index (χ0) is 13.3. The van der Waals surface area contributed by atoms with Gasteiger partial charge in [0.1, 0.15) is 0 Å². The molecule has 19 heavy (non-hydrogen) atoms. The number of fused-ring (bicyclic) bond motifs is 4. The van der Waals surface area contributed by atoms with Gasteiger partial charge in [-0.05, 0) is 31.6 Å². The molecule has 3 nitrogen and oxygen atoms in total. The third-order valence-electron chi connectivity index (χ3n) is 6.18. The molecular formula is C16H26O3. The minimum absolute atomic E-state index is 0.237. The highest BCUT2D eigenvalue weighted by Gasteiger charge is 2.79. The highest BCUT2D eigenvalue weighted by molar-refractivity contribution is 5.23. The number of ether oxygens (including phenoxy) is 3. The molecule has 4 fully saturated rings. The Morgan fingerprint density at radius 1 is 1.21 bits per heavy atom. The van der Waals surface area contributed by atoms with E-state index in [-0.39, 0.29) is 11.2 Å². The average molecular weight is 266 g/mol. The summed E-state index contributed by atoms with van der Waals surface area (Å²) in [4.78, 5) is 0. The lowest BCUT2D eigenvalue weighted by Crippen LogP contribution is -2.73. The van der Waals surface area contributed by atoms with E-state index in [0.29, 0.717) is 30.0 Å². The summed E-state index contributed by atoms with van der Waals surface area (Å²) in [5, 5.41) is 0. The molecule has 0 bridgehead atoms. The third kappa shape index (κ3) is 1.39. The summed E-state index contributed by atoms with van der Waals surface area (Å²) in [6.45, 7) is 8.48. The van der Waals surface area contributed by atoms with E-state index in [1.54, 1.807) is 0 Å². The van der Waals surface area contributed by atoms with E-state index in [1.165, 1.54) is 25.7 Å². The zero-order valence-electron chi connectivity index (χ0n) is 12.4. The van der Waals surface area contributed by atoms with Crippen LogP contribution in [0.15, 0.2) is 0 Å². The first-order valence-electron chi connectivity index (χ1n) is 8.08. The van der Waals surface area contributed by atoms with Crippen molar-refractivity contribution in [3.05, 3.63) is 0 Å². The van der Waals surface area contributed by atoms with Crippen molar-refractivity contribution in [3.63, 3.8) is 0 Å². The smallest absolute Gasteiger partial charge is 0.177 e. The van der Waals surface area contributed by atoms with E-state index >= 15 is 0 Å². The molecule has 2 saturated heterocycles. The molecule has 0 N–H and O–H groups in total. The van der Waals surface area contributed by atoms with Gasteiger partial charge in [-0.1, -0.05) is 20.8 Å². The molecule has 2 saturated carbocycles. The first-order chi connectivity index (χ1) is 9.14. The molecule has 108 valence electrons. The molecular weight excluding hydrogens is 240 g/mol. The molecule has 0 aromatic heterocycles. The molecule has 1 spiro atoms. The molecule has 0 aromatic rings. The summed E-state index contributed by atoms with van der Waals surface area (Å²) in [5.74, 6) is 1.65. The van der Waals surface area contributed by atoms with Gasteiger partial charge >= 0.3 is 0 Å². The molecule has 0 aromatic carbocycles. The first kappa shape index (κ1) is 12.6. The largest absolute Gasteiger partial charge is 0.369 e. The van der Waals surface area contributed by atoms with Crippen molar-refractivity contribution in [1.29, 1.82) is 0 Å². The van der Waals surface area contributed by atoms with E-state index < -0.39 is 0 Å². The van der Waals surface area contributed by atoms with Crippen molar-refractivity contribution in [2.75, 3.05) is 13.2 Å². The lowest BCUT2D eigenvalue weighted by Gasteiger charge is -2.67. The van der Waals surface area contributed by atoms with Gasteiger partial charge in [-0.25, -0.2) is 0 Å². The minimum atomic E-state index is -0.270. The van der Waals surface area contributed by atoms with E-state index in [9.17, 15) is 0 Å². The molecule has 2 heterocycles. The van der Waals surface area contributed by atoms with Crippen molar-refractivity contribution >= 4 is 0 Å². The van der Waals surface area contributed by atoms with Gasteiger partial charge in [-0.15, -0.1) is 0 Å². The molecule has 2 aliphatic carbocycles. The fourth-order valence-electron chi connectivity index (χ4n) is 5.51. The van der Waals surface area contributed by atoms with Gasteiger partial charge in [0, 0.05) is 17.3 Å². The van der Waals surface area contributed by atoms with Crippen LogP contribution in [0.5, 0.6) is 0 Å². The molecule has 3 heteroatoms. The number of hydrogen-bond acceptors (Lipinski definition) is 3. The Bertz CT molecular complexity index is 374. The van der Waals surface area contributed by atoms with Gasteiger partial charge in [0.05, 0.1) is 25.4 Å². The standard InChI is InChI=1S/C16H26O3/c1-4-15-6-5-12-14(19-12)13(15)11(9-10(2)3)16(15)17-7-8-18-16/h10-14H,4-9H2,1-3H3. The molecule has 5 atom stereocenters. The molecule has 5 unspecified atom stereocenters. The molecule has 0 radical (unpaired) electrons. The van der Waals surface area contributed by atoms with Crippen molar-refractivity contribution in [3.8, 4) is 0 Å². The van der Waals surface area contributed by atoms with Crippen LogP contribution in [-0.2, 0) is 14.2 Å². The SMILES string of the molecule is CCC12CCC3OC3C1C(CC(C)C)C21OCCO1. The molecule has 0 amide bonds. The van der Waals surface area contributed by atoms with Crippen LogP contribution in [0.3, 0.4) is 0 Å². The van der Waals surface area contributed by atoms with Gasteiger partial charge in [-0.3, -0.25) is 0 Å². The van der Waals surface area contributed by atoms with Gasteiger partial charge < -0.3 is 14.2 Å². The maximum absolute atomic E-state index is 6.24. The number of rotatable bonds is 3. The van der Waals surface area contributed by atoms with Crippen LogP contribution in [-0.4, -0.2) is 31.2 Å². The maximum atomic E-state index is 6.24. The van der Waals surface area contributed by atoms with Crippen LogP contribution < -0.4 is 0 Å². The lowest BCUT2D eigenvalue weighted by molar-refractivity contribution is -0.381. The fraction of sp³-hybridized carbons (Fsp3) is 1.00. The summed E-state index contributed by atoms with van der Waals surface area (Å²) in [5.41, 5.74) is 0.237. The highest BCUT2D eigenvalue weighted by atomic mass is 16.7. The van der Waals surface area contributed by atoms with Gasteiger partial charge in [0.15, 0.2) is 5.79 Å². The van der Waals surface area contributed by atoms with Crippen LogP contribution >= 0.6 is 0 Å². The first-order valence-corrected chi connectivity index (χ1v) is 8.08. The summed E-state index contributed by atoms with van der Waals surface area (Å²) in [6.07, 6.45) is 5.87. The van der Waals surface area contributed by atoms with Gasteiger partial charge in [-0.2, -0.15) is 0 Å². The topological polar surface area (TPSA) is 31.0 Å². The number of epoxide rings is 1. The monoisotopic (exact) mass is 266 g/mol. The van der Waals surface area contributed by atoms with Crippen LogP contribution in [0.25, 0.3) is 0 Å². The highest BCUT2D eigenvalue weighted by Crippen LogP contribution is 2.73. The summed E-state index contributed by atoms with van der Waals surface area (Å²) in [6, 6.07) is 0. The quantitative estimate of drug-likeness (QED) is 0.736. The van der Waals surface area contributed by atoms with Crippen molar-refractivity contribution in [1.82, 2.24) is 0 Å². The zero-order valence-corrected chi connectivity index (χ0v) is 12.4. The Balaban J connectivity index is 1.69. The van der Waals surface area contributed by atoms with E-state index in [1.807, 2.05) is 0 Å². The van der Waals surface area contributed by atoms with Gasteiger partial charge in [0.2, 0.25) is 0 Å². The van der Waals surface area contributed by atoms with Crippen LogP contribution in [0.2, 0.25) is 0 Å². The Hall–Kier alpha value is -0.120. The van der Waals surface area contributed by atoms with Crippen LogP contribution in [0, 0.1) is 23.2 Å². The van der Waals surface area contributed by atoms with Crippen molar-refractivity contribution in [2.45, 2.75) is 64.4 Å². The second-order valence-corrected chi connectivity index (χ2v) is 7.31. The van der Waals surface area contributed by atoms with E-state index in [2.05, 4.69) is 20.8 Å². The lowest BCUT2D eigenvalue weighted by atomic mass is 9.42. The third-order valence-corrected chi connectivity index (χ3v) is 6.18. The van der Waals surface area contributed by atoms with Crippen LogP contribution in [0.4, 0.5) is 0 Å².